The first-order valence-electron chi connectivity index (χ1n) is 8.21. The Labute approximate surface area is 146 Å². The molecule has 25 heavy (non-hydrogen) atoms. The van der Waals surface area contributed by atoms with Crippen molar-refractivity contribution in [1.29, 1.82) is 0 Å². The number of carbonyl (C=O) groups excluding carboxylic acids is 1. The van der Waals surface area contributed by atoms with Crippen LogP contribution in [0.5, 0.6) is 0 Å². The Balaban J connectivity index is 1.49. The maximum absolute atomic E-state index is 12.0. The van der Waals surface area contributed by atoms with Gasteiger partial charge in [-0.15, -0.1) is 0 Å². The fourth-order valence-corrected chi connectivity index (χ4v) is 2.61. The third kappa shape index (κ3) is 5.17. The minimum Gasteiger partial charge on any atom is -0.338 e. The first-order chi connectivity index (χ1) is 12.2. The molecule has 0 fully saturated rings. The number of hydrogen-bond acceptors (Lipinski definition) is 3. The molecule has 0 saturated heterocycles. The zero-order valence-corrected chi connectivity index (χ0v) is 14.1. The highest BCUT2D eigenvalue weighted by molar-refractivity contribution is 5.89. The van der Waals surface area contributed by atoms with Crippen molar-refractivity contribution in [3.05, 3.63) is 77.9 Å². The molecule has 0 spiro atoms. The maximum atomic E-state index is 12.0. The summed E-state index contributed by atoms with van der Waals surface area (Å²) in [5.41, 5.74) is 4.25. The van der Waals surface area contributed by atoms with Crippen molar-refractivity contribution >= 4 is 11.7 Å². The Morgan fingerprint density at radius 3 is 2.76 bits per heavy atom. The minimum absolute atomic E-state index is 0.203. The topological polar surface area (TPSA) is 71.8 Å². The van der Waals surface area contributed by atoms with Crippen LogP contribution in [-0.2, 0) is 13.0 Å². The van der Waals surface area contributed by atoms with Crippen LogP contribution in [0.2, 0.25) is 0 Å². The van der Waals surface area contributed by atoms with Gasteiger partial charge in [0.2, 0.25) is 0 Å². The molecule has 6 nitrogen and oxygen atoms in total. The van der Waals surface area contributed by atoms with Gasteiger partial charge in [0.1, 0.15) is 12.7 Å². The Hall–Kier alpha value is -3.15. The van der Waals surface area contributed by atoms with Crippen LogP contribution in [-0.4, -0.2) is 27.3 Å². The number of aryl methyl sites for hydroxylation is 1. The van der Waals surface area contributed by atoms with E-state index >= 15 is 0 Å². The molecule has 0 unspecified atom stereocenters. The zero-order chi connectivity index (χ0) is 17.5. The van der Waals surface area contributed by atoms with Gasteiger partial charge < -0.3 is 10.6 Å². The van der Waals surface area contributed by atoms with Crippen LogP contribution in [0, 0.1) is 6.92 Å². The number of urea groups is 1. The minimum atomic E-state index is -0.203. The molecule has 0 saturated carbocycles. The number of nitrogens with zero attached hydrogens (tertiary/aromatic N) is 3. The van der Waals surface area contributed by atoms with Crippen LogP contribution in [0.1, 0.15) is 16.7 Å². The standard InChI is InChI=1S/C19H21N5O/c1-15-4-2-5-16(10-15)8-9-21-19(25)23-18-7-3-6-17(11-18)12-24-14-20-13-22-24/h2-7,10-11,13-14H,8-9,12H2,1H3,(H2,21,23,25). The SMILES string of the molecule is Cc1cccc(CCNC(=O)Nc2cccc(Cn3cncn3)c2)c1. The average Bonchev–Trinajstić information content (AvgIpc) is 3.08. The number of benzene rings is 2. The van der Waals surface area contributed by atoms with E-state index in [-0.39, 0.29) is 6.03 Å². The molecule has 0 aliphatic heterocycles. The van der Waals surface area contributed by atoms with Crippen molar-refractivity contribution in [3.63, 3.8) is 0 Å². The second-order valence-electron chi connectivity index (χ2n) is 5.91. The number of carbonyl (C=O) groups is 1. The van der Waals surface area contributed by atoms with Crippen molar-refractivity contribution in [2.45, 2.75) is 19.9 Å². The van der Waals surface area contributed by atoms with Crippen molar-refractivity contribution in [2.75, 3.05) is 11.9 Å². The smallest absolute Gasteiger partial charge is 0.319 e. The Bertz CT molecular complexity index is 829. The van der Waals surface area contributed by atoms with E-state index in [1.54, 1.807) is 11.0 Å². The molecule has 128 valence electrons. The molecule has 0 bridgehead atoms. The normalized spacial score (nSPS) is 10.4. The fraction of sp³-hybridized carbons (Fsp3) is 0.211. The number of anilines is 1. The molecule has 2 aromatic carbocycles. The largest absolute Gasteiger partial charge is 0.338 e. The van der Waals surface area contributed by atoms with Gasteiger partial charge in [-0.05, 0) is 36.6 Å². The third-order valence-corrected chi connectivity index (χ3v) is 3.78. The predicted octanol–water partition coefficient (Wildman–Crippen LogP) is 3.00. The zero-order valence-electron chi connectivity index (χ0n) is 14.1. The Morgan fingerprint density at radius 1 is 1.12 bits per heavy atom. The summed E-state index contributed by atoms with van der Waals surface area (Å²) >= 11 is 0. The highest BCUT2D eigenvalue weighted by Crippen LogP contribution is 2.11. The number of hydrogen-bond donors (Lipinski definition) is 2. The van der Waals surface area contributed by atoms with Crippen molar-refractivity contribution in [3.8, 4) is 0 Å². The predicted molar refractivity (Wildman–Crippen MR) is 97.5 cm³/mol. The van der Waals surface area contributed by atoms with Gasteiger partial charge in [0.15, 0.2) is 0 Å². The number of nitrogens with one attached hydrogen (secondary N) is 2. The monoisotopic (exact) mass is 335 g/mol. The van der Waals surface area contributed by atoms with E-state index in [2.05, 4.69) is 45.8 Å². The van der Waals surface area contributed by atoms with Gasteiger partial charge in [-0.2, -0.15) is 5.10 Å². The van der Waals surface area contributed by atoms with E-state index < -0.39 is 0 Å². The molecule has 2 N–H and O–H groups in total. The van der Waals surface area contributed by atoms with Gasteiger partial charge in [0.05, 0.1) is 6.54 Å². The third-order valence-electron chi connectivity index (χ3n) is 3.78. The summed E-state index contributed by atoms with van der Waals surface area (Å²) in [7, 11) is 0. The van der Waals surface area contributed by atoms with E-state index in [0.717, 1.165) is 17.7 Å². The molecule has 0 aliphatic rings. The molecule has 3 aromatic rings. The quantitative estimate of drug-likeness (QED) is 0.727. The molecule has 1 aromatic heterocycles. The molecule has 1 heterocycles. The van der Waals surface area contributed by atoms with E-state index in [1.807, 2.05) is 30.3 Å². The second kappa shape index (κ2) is 8.10. The lowest BCUT2D eigenvalue weighted by molar-refractivity contribution is 0.252. The Morgan fingerprint density at radius 2 is 1.96 bits per heavy atom. The van der Waals surface area contributed by atoms with Gasteiger partial charge in [-0.3, -0.25) is 0 Å². The van der Waals surface area contributed by atoms with Crippen LogP contribution in [0.4, 0.5) is 10.5 Å². The van der Waals surface area contributed by atoms with E-state index in [1.165, 1.54) is 17.5 Å². The lowest BCUT2D eigenvalue weighted by atomic mass is 10.1. The number of rotatable bonds is 6. The first-order valence-corrected chi connectivity index (χ1v) is 8.21. The average molecular weight is 335 g/mol. The van der Waals surface area contributed by atoms with E-state index in [0.29, 0.717) is 13.1 Å². The summed E-state index contributed by atoms with van der Waals surface area (Å²) in [6.07, 6.45) is 3.98. The molecule has 2 amide bonds. The Kier molecular flexibility index (Phi) is 5.41. The molecule has 0 atom stereocenters. The second-order valence-corrected chi connectivity index (χ2v) is 5.91. The van der Waals surface area contributed by atoms with Crippen molar-refractivity contribution < 1.29 is 4.79 Å². The molecule has 6 heteroatoms. The van der Waals surface area contributed by atoms with Gasteiger partial charge in [0.25, 0.3) is 0 Å². The van der Waals surface area contributed by atoms with Crippen LogP contribution in [0.15, 0.2) is 61.2 Å². The summed E-state index contributed by atoms with van der Waals surface area (Å²) in [5, 5.41) is 9.83. The van der Waals surface area contributed by atoms with Gasteiger partial charge >= 0.3 is 6.03 Å². The summed E-state index contributed by atoms with van der Waals surface area (Å²) in [6.45, 7) is 3.27. The fourth-order valence-electron chi connectivity index (χ4n) is 2.61. The summed E-state index contributed by atoms with van der Waals surface area (Å²) in [5.74, 6) is 0. The molecule has 3 rings (SSSR count). The highest BCUT2D eigenvalue weighted by atomic mass is 16.2. The summed E-state index contributed by atoms with van der Waals surface area (Å²) < 4.78 is 1.74. The van der Waals surface area contributed by atoms with Crippen molar-refractivity contribution in [1.82, 2.24) is 20.1 Å². The van der Waals surface area contributed by atoms with Gasteiger partial charge in [-0.25, -0.2) is 14.5 Å². The molecule has 0 radical (unpaired) electrons. The first kappa shape index (κ1) is 16.7. The van der Waals surface area contributed by atoms with Crippen LogP contribution in [0.3, 0.4) is 0 Å². The lowest BCUT2D eigenvalue weighted by Gasteiger charge is -2.09. The molecular weight excluding hydrogens is 314 g/mol. The molecular formula is C19H21N5O. The maximum Gasteiger partial charge on any atom is 0.319 e. The highest BCUT2D eigenvalue weighted by Gasteiger charge is 2.03. The van der Waals surface area contributed by atoms with Crippen LogP contribution >= 0.6 is 0 Å². The van der Waals surface area contributed by atoms with Gasteiger partial charge in [-0.1, -0.05) is 42.0 Å². The van der Waals surface area contributed by atoms with E-state index in [4.69, 9.17) is 0 Å². The van der Waals surface area contributed by atoms with Gasteiger partial charge in [0, 0.05) is 12.2 Å². The summed E-state index contributed by atoms with van der Waals surface area (Å²) in [4.78, 5) is 16.0. The molecule has 0 aliphatic carbocycles. The number of aromatic nitrogens is 3. The van der Waals surface area contributed by atoms with Crippen LogP contribution in [0.25, 0.3) is 0 Å². The van der Waals surface area contributed by atoms with Crippen molar-refractivity contribution in [2.24, 2.45) is 0 Å². The van der Waals surface area contributed by atoms with Crippen LogP contribution < -0.4 is 10.6 Å². The van der Waals surface area contributed by atoms with E-state index in [9.17, 15) is 4.79 Å². The summed E-state index contributed by atoms with van der Waals surface area (Å²) in [6, 6.07) is 15.8. The lowest BCUT2D eigenvalue weighted by Crippen LogP contribution is -2.30. The number of amides is 2.